The lowest BCUT2D eigenvalue weighted by molar-refractivity contribution is 0.181. The first-order valence-electron chi connectivity index (χ1n) is 6.50. The van der Waals surface area contributed by atoms with E-state index in [9.17, 15) is 5.11 Å². The van der Waals surface area contributed by atoms with Gasteiger partial charge in [-0.3, -0.25) is 0 Å². The number of aliphatic hydroxyl groups excluding tert-OH is 1. The van der Waals surface area contributed by atoms with E-state index >= 15 is 0 Å². The number of ether oxygens (including phenoxy) is 1. The van der Waals surface area contributed by atoms with Gasteiger partial charge in [-0.05, 0) is 6.92 Å². The fraction of sp³-hybridized carbons (Fsp3) is 0.714. The molecule has 5 nitrogen and oxygen atoms in total. The molecule has 5 heteroatoms. The molecule has 1 atom stereocenters. The largest absolute Gasteiger partial charge is 0.392 e. The van der Waals surface area contributed by atoms with Crippen molar-refractivity contribution in [3.63, 3.8) is 0 Å². The third kappa shape index (κ3) is 4.76. The van der Waals surface area contributed by atoms with Crippen LogP contribution in [0.3, 0.4) is 0 Å². The Morgan fingerprint density at radius 3 is 2.47 bits per heavy atom. The molecule has 1 aromatic heterocycles. The van der Waals surface area contributed by atoms with Crippen molar-refractivity contribution >= 4 is 5.82 Å². The number of methoxy groups -OCH3 is 1. The second-order valence-corrected chi connectivity index (χ2v) is 5.95. The lowest BCUT2D eigenvalue weighted by atomic mass is 9.95. The Hall–Kier alpha value is -1.20. The summed E-state index contributed by atoms with van der Waals surface area (Å²) in [4.78, 5) is 11.1. The van der Waals surface area contributed by atoms with Crippen LogP contribution >= 0.6 is 0 Å². The van der Waals surface area contributed by atoms with Crippen molar-refractivity contribution in [2.75, 3.05) is 25.6 Å². The molecule has 19 heavy (non-hydrogen) atoms. The van der Waals surface area contributed by atoms with E-state index in [1.807, 2.05) is 18.0 Å². The van der Waals surface area contributed by atoms with Gasteiger partial charge >= 0.3 is 0 Å². The number of hydrogen-bond donors (Lipinski definition) is 1. The molecule has 1 unspecified atom stereocenters. The second kappa shape index (κ2) is 6.30. The fourth-order valence-electron chi connectivity index (χ4n) is 1.73. The minimum atomic E-state index is -0.399. The van der Waals surface area contributed by atoms with Gasteiger partial charge in [0.25, 0.3) is 0 Å². The van der Waals surface area contributed by atoms with Gasteiger partial charge in [0.05, 0.1) is 18.4 Å². The summed E-state index contributed by atoms with van der Waals surface area (Å²) in [6.45, 7) is 9.00. The molecule has 1 aromatic rings. The van der Waals surface area contributed by atoms with Crippen LogP contribution < -0.4 is 4.90 Å². The van der Waals surface area contributed by atoms with Crippen LogP contribution in [0.1, 0.15) is 39.2 Å². The Balaban J connectivity index is 3.12. The molecule has 0 aliphatic heterocycles. The Morgan fingerprint density at radius 1 is 1.37 bits per heavy atom. The quantitative estimate of drug-likeness (QED) is 0.880. The van der Waals surface area contributed by atoms with Gasteiger partial charge in [0.2, 0.25) is 0 Å². The fourth-order valence-corrected chi connectivity index (χ4v) is 1.73. The first-order chi connectivity index (χ1) is 8.74. The van der Waals surface area contributed by atoms with Crippen molar-refractivity contribution in [2.45, 2.75) is 45.8 Å². The minimum Gasteiger partial charge on any atom is -0.392 e. The van der Waals surface area contributed by atoms with Crippen molar-refractivity contribution in [3.05, 3.63) is 17.6 Å². The minimum absolute atomic E-state index is 0.121. The predicted molar refractivity (Wildman–Crippen MR) is 76.4 cm³/mol. The molecule has 108 valence electrons. The average Bonchev–Trinajstić information content (AvgIpc) is 2.27. The van der Waals surface area contributed by atoms with Crippen molar-refractivity contribution in [2.24, 2.45) is 0 Å². The first-order valence-corrected chi connectivity index (χ1v) is 6.50. The molecule has 1 N–H and O–H groups in total. The van der Waals surface area contributed by atoms with Crippen LogP contribution in [0.2, 0.25) is 0 Å². The molecular formula is C14H25N3O2. The topological polar surface area (TPSA) is 58.5 Å². The third-order valence-corrected chi connectivity index (χ3v) is 2.66. The summed E-state index contributed by atoms with van der Waals surface area (Å²) in [5.74, 6) is 1.60. The first kappa shape index (κ1) is 15.9. The van der Waals surface area contributed by atoms with Crippen molar-refractivity contribution in [1.82, 2.24) is 9.97 Å². The van der Waals surface area contributed by atoms with Gasteiger partial charge in [0.1, 0.15) is 11.6 Å². The van der Waals surface area contributed by atoms with Crippen LogP contribution in [0.15, 0.2) is 6.07 Å². The summed E-state index contributed by atoms with van der Waals surface area (Å²) in [5.41, 5.74) is 0.735. The van der Waals surface area contributed by atoms with Crippen LogP contribution in [-0.2, 0) is 16.8 Å². The number of aromatic nitrogens is 2. The SMILES string of the molecule is COCc1cc(N(C)CC(C)O)nc(C(C)(C)C)n1. The zero-order chi connectivity index (χ0) is 14.6. The highest BCUT2D eigenvalue weighted by Crippen LogP contribution is 2.22. The summed E-state index contributed by atoms with van der Waals surface area (Å²) in [5, 5.41) is 9.48. The van der Waals surface area contributed by atoms with Crippen LogP contribution in [-0.4, -0.2) is 41.9 Å². The monoisotopic (exact) mass is 267 g/mol. The predicted octanol–water partition coefficient (Wildman–Crippen LogP) is 1.74. The molecule has 0 saturated heterocycles. The van der Waals surface area contributed by atoms with Crippen LogP contribution in [0.25, 0.3) is 0 Å². The zero-order valence-electron chi connectivity index (χ0n) is 12.8. The molecule has 0 spiro atoms. The maximum Gasteiger partial charge on any atom is 0.136 e. The molecule has 0 aliphatic carbocycles. The standard InChI is InChI=1S/C14H25N3O2/c1-10(18)8-17(5)12-7-11(9-19-6)15-13(16-12)14(2,3)4/h7,10,18H,8-9H2,1-6H3. The number of aliphatic hydroxyl groups is 1. The van der Waals surface area contributed by atoms with Crippen molar-refractivity contribution < 1.29 is 9.84 Å². The lowest BCUT2D eigenvalue weighted by Gasteiger charge is -2.24. The van der Waals surface area contributed by atoms with Gasteiger partial charge in [-0.2, -0.15) is 0 Å². The smallest absolute Gasteiger partial charge is 0.136 e. The Kier molecular flexibility index (Phi) is 5.26. The van der Waals surface area contributed by atoms with E-state index in [1.54, 1.807) is 14.0 Å². The van der Waals surface area contributed by atoms with Gasteiger partial charge in [-0.1, -0.05) is 20.8 Å². The number of hydrogen-bond acceptors (Lipinski definition) is 5. The van der Waals surface area contributed by atoms with Crippen molar-refractivity contribution in [3.8, 4) is 0 Å². The van der Waals surface area contributed by atoms with Crippen molar-refractivity contribution in [1.29, 1.82) is 0 Å². The molecule has 0 bridgehead atoms. The summed E-state index contributed by atoms with van der Waals surface area (Å²) >= 11 is 0. The van der Waals surface area contributed by atoms with Gasteiger partial charge in [0, 0.05) is 32.2 Å². The van der Waals surface area contributed by atoms with E-state index in [-0.39, 0.29) is 5.41 Å². The van der Waals surface area contributed by atoms with Gasteiger partial charge < -0.3 is 14.7 Å². The molecule has 0 radical (unpaired) electrons. The number of likely N-dealkylation sites (N-methyl/N-ethyl adjacent to an activating group) is 1. The molecule has 1 heterocycles. The van der Waals surface area contributed by atoms with Crippen LogP contribution in [0.4, 0.5) is 5.82 Å². The summed E-state index contributed by atoms with van der Waals surface area (Å²) in [6, 6.07) is 1.90. The van der Waals surface area contributed by atoms with E-state index in [4.69, 9.17) is 4.74 Å². The number of nitrogens with zero attached hydrogens (tertiary/aromatic N) is 3. The lowest BCUT2D eigenvalue weighted by Crippen LogP contribution is -2.29. The number of anilines is 1. The molecular weight excluding hydrogens is 242 g/mol. The Morgan fingerprint density at radius 2 is 2.00 bits per heavy atom. The highest BCUT2D eigenvalue weighted by Gasteiger charge is 2.20. The summed E-state index contributed by atoms with van der Waals surface area (Å²) < 4.78 is 5.15. The summed E-state index contributed by atoms with van der Waals surface area (Å²) in [7, 11) is 3.57. The van der Waals surface area contributed by atoms with E-state index in [2.05, 4.69) is 30.7 Å². The highest BCUT2D eigenvalue weighted by atomic mass is 16.5. The highest BCUT2D eigenvalue weighted by molar-refractivity contribution is 5.39. The molecule has 0 aliphatic rings. The second-order valence-electron chi connectivity index (χ2n) is 5.95. The van der Waals surface area contributed by atoms with E-state index in [1.165, 1.54) is 0 Å². The van der Waals surface area contributed by atoms with Gasteiger partial charge in [0.15, 0.2) is 0 Å². The van der Waals surface area contributed by atoms with Crippen LogP contribution in [0, 0.1) is 0 Å². The van der Waals surface area contributed by atoms with Gasteiger partial charge in [-0.25, -0.2) is 9.97 Å². The molecule has 1 rings (SSSR count). The summed E-state index contributed by atoms with van der Waals surface area (Å²) in [6.07, 6.45) is -0.399. The molecule has 0 amide bonds. The average molecular weight is 267 g/mol. The van der Waals surface area contributed by atoms with Crippen LogP contribution in [0.5, 0.6) is 0 Å². The third-order valence-electron chi connectivity index (χ3n) is 2.66. The maximum atomic E-state index is 9.48. The van der Waals surface area contributed by atoms with Gasteiger partial charge in [-0.15, -0.1) is 0 Å². The Bertz CT molecular complexity index is 414. The molecule has 0 fully saturated rings. The van der Waals surface area contributed by atoms with E-state index < -0.39 is 6.10 Å². The molecule has 0 aromatic carbocycles. The molecule has 0 saturated carbocycles. The van der Waals surface area contributed by atoms with E-state index in [0.717, 1.165) is 17.3 Å². The Labute approximate surface area is 115 Å². The number of rotatable bonds is 5. The maximum absolute atomic E-state index is 9.48. The normalized spacial score (nSPS) is 13.4. The zero-order valence-corrected chi connectivity index (χ0v) is 12.8. The van der Waals surface area contributed by atoms with E-state index in [0.29, 0.717) is 13.2 Å².